The molecule has 0 unspecified atom stereocenters. The number of rotatable bonds is 2. The highest BCUT2D eigenvalue weighted by molar-refractivity contribution is 5.94. The lowest BCUT2D eigenvalue weighted by Gasteiger charge is -2.29. The molecule has 3 rings (SSSR count). The van der Waals surface area contributed by atoms with Crippen LogP contribution >= 0.6 is 0 Å². The van der Waals surface area contributed by atoms with Gasteiger partial charge in [-0.1, -0.05) is 0 Å². The number of piperidine rings is 1. The smallest absolute Gasteiger partial charge is 0.129 e. The minimum atomic E-state index is 0.791. The van der Waals surface area contributed by atoms with Crippen LogP contribution < -0.4 is 10.6 Å². The van der Waals surface area contributed by atoms with Gasteiger partial charge in [-0.25, -0.2) is 4.68 Å². The number of nitrogen functional groups attached to an aromatic ring is 1. The maximum Gasteiger partial charge on any atom is 0.129 e. The van der Waals surface area contributed by atoms with Gasteiger partial charge in [0, 0.05) is 30.7 Å². The molecule has 0 radical (unpaired) electrons. The Labute approximate surface area is 114 Å². The lowest BCUT2D eigenvalue weighted by atomic mass is 10.1. The second-order valence-corrected chi connectivity index (χ2v) is 5.41. The van der Waals surface area contributed by atoms with E-state index in [1.807, 2.05) is 4.68 Å². The van der Waals surface area contributed by atoms with E-state index in [9.17, 15) is 0 Å². The molecule has 19 heavy (non-hydrogen) atoms. The average Bonchev–Trinajstić information content (AvgIpc) is 2.77. The third-order valence-corrected chi connectivity index (χ3v) is 4.08. The molecular weight excluding hydrogens is 236 g/mol. The Morgan fingerprint density at radius 1 is 1.21 bits per heavy atom. The van der Waals surface area contributed by atoms with Crippen LogP contribution in [0, 0.1) is 6.92 Å². The fourth-order valence-corrected chi connectivity index (χ4v) is 2.98. The maximum atomic E-state index is 6.20. The number of fused-ring (bicyclic) bond motifs is 1. The Morgan fingerprint density at radius 2 is 1.95 bits per heavy atom. The zero-order valence-corrected chi connectivity index (χ0v) is 11.8. The van der Waals surface area contributed by atoms with Gasteiger partial charge < -0.3 is 10.6 Å². The standard InChI is InChI=1S/C15H22N4/c1-3-19-15(16)13-10-12(9-11(2)14(13)17-19)18-7-5-4-6-8-18/h9-10H,3-8,16H2,1-2H3. The molecule has 0 atom stereocenters. The van der Waals surface area contributed by atoms with Gasteiger partial charge in [-0.3, -0.25) is 0 Å². The topological polar surface area (TPSA) is 47.1 Å². The fraction of sp³-hybridized carbons (Fsp3) is 0.533. The number of nitrogens with two attached hydrogens (primary N) is 1. The highest BCUT2D eigenvalue weighted by Crippen LogP contribution is 2.30. The molecule has 102 valence electrons. The Balaban J connectivity index is 2.09. The van der Waals surface area contributed by atoms with Crippen molar-refractivity contribution in [2.45, 2.75) is 39.7 Å². The molecule has 1 aromatic heterocycles. The lowest BCUT2D eigenvalue weighted by Crippen LogP contribution is -2.29. The van der Waals surface area contributed by atoms with Crippen LogP contribution in [0.2, 0.25) is 0 Å². The van der Waals surface area contributed by atoms with Crippen molar-refractivity contribution >= 4 is 22.4 Å². The summed E-state index contributed by atoms with van der Waals surface area (Å²) in [7, 11) is 0. The van der Waals surface area contributed by atoms with E-state index in [0.717, 1.165) is 36.4 Å². The summed E-state index contributed by atoms with van der Waals surface area (Å²) < 4.78 is 1.89. The summed E-state index contributed by atoms with van der Waals surface area (Å²) in [6, 6.07) is 4.46. The maximum absolute atomic E-state index is 6.20. The first-order valence-electron chi connectivity index (χ1n) is 7.22. The molecule has 0 bridgehead atoms. The van der Waals surface area contributed by atoms with Crippen molar-refractivity contribution < 1.29 is 0 Å². The van der Waals surface area contributed by atoms with Crippen LogP contribution in [0.25, 0.3) is 10.9 Å². The van der Waals surface area contributed by atoms with Gasteiger partial charge in [-0.2, -0.15) is 5.10 Å². The van der Waals surface area contributed by atoms with Gasteiger partial charge in [-0.15, -0.1) is 0 Å². The molecule has 2 heterocycles. The predicted molar refractivity (Wildman–Crippen MR) is 80.6 cm³/mol. The molecule has 0 aliphatic carbocycles. The second-order valence-electron chi connectivity index (χ2n) is 5.41. The molecule has 1 aromatic carbocycles. The van der Waals surface area contributed by atoms with Crippen molar-refractivity contribution in [3.63, 3.8) is 0 Å². The number of hydrogen-bond acceptors (Lipinski definition) is 3. The summed E-state index contributed by atoms with van der Waals surface area (Å²) >= 11 is 0. The van der Waals surface area contributed by atoms with Gasteiger partial charge in [0.2, 0.25) is 0 Å². The number of hydrogen-bond donors (Lipinski definition) is 1. The Morgan fingerprint density at radius 3 is 2.63 bits per heavy atom. The molecule has 0 amide bonds. The molecule has 1 aliphatic heterocycles. The molecule has 4 heteroatoms. The van der Waals surface area contributed by atoms with Crippen LogP contribution in [0.15, 0.2) is 12.1 Å². The first kappa shape index (κ1) is 12.3. The molecular formula is C15H22N4. The first-order valence-corrected chi connectivity index (χ1v) is 7.22. The van der Waals surface area contributed by atoms with Crippen molar-refractivity contribution in [3.8, 4) is 0 Å². The first-order chi connectivity index (χ1) is 9.20. The van der Waals surface area contributed by atoms with Crippen molar-refractivity contribution in [1.29, 1.82) is 0 Å². The van der Waals surface area contributed by atoms with E-state index in [4.69, 9.17) is 5.73 Å². The van der Waals surface area contributed by atoms with Gasteiger partial charge in [0.25, 0.3) is 0 Å². The van der Waals surface area contributed by atoms with E-state index < -0.39 is 0 Å². The van der Waals surface area contributed by atoms with Crippen LogP contribution in [-0.2, 0) is 6.54 Å². The summed E-state index contributed by atoms with van der Waals surface area (Å²) in [6.07, 6.45) is 3.94. The quantitative estimate of drug-likeness (QED) is 0.901. The van der Waals surface area contributed by atoms with E-state index in [1.165, 1.54) is 30.5 Å². The largest absolute Gasteiger partial charge is 0.383 e. The third kappa shape index (κ3) is 2.05. The van der Waals surface area contributed by atoms with Crippen molar-refractivity contribution in [3.05, 3.63) is 17.7 Å². The summed E-state index contributed by atoms with van der Waals surface area (Å²) in [5.41, 5.74) is 9.76. The molecule has 4 nitrogen and oxygen atoms in total. The molecule has 0 spiro atoms. The summed E-state index contributed by atoms with van der Waals surface area (Å²) in [6.45, 7) is 7.34. The molecule has 2 N–H and O–H groups in total. The minimum absolute atomic E-state index is 0.791. The molecule has 0 saturated carbocycles. The van der Waals surface area contributed by atoms with Gasteiger partial charge in [0.15, 0.2) is 0 Å². The summed E-state index contributed by atoms with van der Waals surface area (Å²) in [5.74, 6) is 0.791. The van der Waals surface area contributed by atoms with Crippen molar-refractivity contribution in [2.75, 3.05) is 23.7 Å². The lowest BCUT2D eigenvalue weighted by molar-refractivity contribution is 0.578. The van der Waals surface area contributed by atoms with E-state index in [0.29, 0.717) is 0 Å². The van der Waals surface area contributed by atoms with Crippen LogP contribution in [0.1, 0.15) is 31.7 Å². The monoisotopic (exact) mass is 258 g/mol. The number of aryl methyl sites for hydroxylation is 2. The Hall–Kier alpha value is -1.71. The van der Waals surface area contributed by atoms with Crippen LogP contribution in [0.3, 0.4) is 0 Å². The molecule has 1 aliphatic rings. The highest BCUT2D eigenvalue weighted by atomic mass is 15.3. The van der Waals surface area contributed by atoms with Gasteiger partial charge in [0.1, 0.15) is 5.82 Å². The number of anilines is 2. The second kappa shape index (κ2) is 4.76. The van der Waals surface area contributed by atoms with Gasteiger partial charge in [0.05, 0.1) is 5.52 Å². The van der Waals surface area contributed by atoms with E-state index in [2.05, 4.69) is 36.0 Å². The Kier molecular flexibility index (Phi) is 3.09. The zero-order valence-electron chi connectivity index (χ0n) is 11.8. The van der Waals surface area contributed by atoms with Gasteiger partial charge >= 0.3 is 0 Å². The van der Waals surface area contributed by atoms with Crippen LogP contribution in [0.4, 0.5) is 11.5 Å². The molecule has 1 saturated heterocycles. The van der Waals surface area contributed by atoms with Crippen molar-refractivity contribution in [1.82, 2.24) is 9.78 Å². The average molecular weight is 258 g/mol. The highest BCUT2D eigenvalue weighted by Gasteiger charge is 2.15. The van der Waals surface area contributed by atoms with Crippen LogP contribution in [-0.4, -0.2) is 22.9 Å². The minimum Gasteiger partial charge on any atom is -0.383 e. The third-order valence-electron chi connectivity index (χ3n) is 4.08. The Bertz CT molecular complexity index is 594. The fourth-order valence-electron chi connectivity index (χ4n) is 2.98. The number of nitrogens with zero attached hydrogens (tertiary/aromatic N) is 3. The SMILES string of the molecule is CCn1nc2c(C)cc(N3CCCCC3)cc2c1N. The molecule has 1 fully saturated rings. The predicted octanol–water partition coefficient (Wildman–Crippen LogP) is 2.94. The van der Waals surface area contributed by atoms with Crippen LogP contribution in [0.5, 0.6) is 0 Å². The van der Waals surface area contributed by atoms with E-state index in [1.54, 1.807) is 0 Å². The van der Waals surface area contributed by atoms with Crippen molar-refractivity contribution in [2.24, 2.45) is 0 Å². The molecule has 2 aromatic rings. The summed E-state index contributed by atoms with van der Waals surface area (Å²) in [4.78, 5) is 2.47. The zero-order chi connectivity index (χ0) is 13.4. The van der Waals surface area contributed by atoms with Gasteiger partial charge in [-0.05, 0) is 50.8 Å². The number of benzene rings is 1. The normalized spacial score (nSPS) is 16.2. The number of aromatic nitrogens is 2. The van der Waals surface area contributed by atoms with E-state index in [-0.39, 0.29) is 0 Å². The summed E-state index contributed by atoms with van der Waals surface area (Å²) in [5, 5.41) is 5.69. The van der Waals surface area contributed by atoms with E-state index >= 15 is 0 Å².